The first-order chi connectivity index (χ1) is 19.6. The fourth-order valence-electron chi connectivity index (χ4n) is 4.19. The summed E-state index contributed by atoms with van der Waals surface area (Å²) in [7, 11) is 6.90. The first-order valence-corrected chi connectivity index (χ1v) is 12.9. The number of imidazole rings is 1. The Morgan fingerprint density at radius 2 is 1.90 bits per heavy atom. The molecule has 12 heteroatoms. The van der Waals surface area contributed by atoms with E-state index in [1.165, 1.54) is 26.4 Å². The Kier molecular flexibility index (Phi) is 9.03. The quantitative estimate of drug-likeness (QED) is 0.229. The van der Waals surface area contributed by atoms with E-state index in [2.05, 4.69) is 32.2 Å². The summed E-state index contributed by atoms with van der Waals surface area (Å²) in [4.78, 5) is 27.4. The molecule has 4 rings (SSSR count). The first-order valence-electron chi connectivity index (χ1n) is 12.9. The van der Waals surface area contributed by atoms with Crippen LogP contribution in [0.1, 0.15) is 19.9 Å². The molecule has 0 atom stereocenters. The topological polar surface area (TPSA) is 116 Å². The monoisotopic (exact) mass is 563 g/mol. The number of carbonyl (C=O) groups is 1. The van der Waals surface area contributed by atoms with E-state index in [0.717, 1.165) is 0 Å². The molecule has 2 aromatic carbocycles. The molecule has 0 radical (unpaired) electrons. The van der Waals surface area contributed by atoms with Crippen LogP contribution in [-0.4, -0.2) is 71.8 Å². The molecule has 11 nitrogen and oxygen atoms in total. The molecule has 2 N–H and O–H groups in total. The minimum Gasteiger partial charge on any atom is -0.494 e. The van der Waals surface area contributed by atoms with Gasteiger partial charge in [0.15, 0.2) is 5.82 Å². The highest BCUT2D eigenvalue weighted by Crippen LogP contribution is 2.38. The number of benzene rings is 2. The number of hydrogen-bond donors (Lipinski definition) is 2. The molecule has 0 aliphatic rings. The fraction of sp³-hybridized carbons (Fsp3) is 0.310. The predicted molar refractivity (Wildman–Crippen MR) is 157 cm³/mol. The second-order valence-electron chi connectivity index (χ2n) is 9.67. The van der Waals surface area contributed by atoms with Gasteiger partial charge in [-0.1, -0.05) is 6.58 Å². The molecule has 41 heavy (non-hydrogen) atoms. The Morgan fingerprint density at radius 1 is 1.12 bits per heavy atom. The molecule has 0 bridgehead atoms. The number of fused-ring (bicyclic) bond motifs is 1. The van der Waals surface area contributed by atoms with Crippen molar-refractivity contribution in [1.29, 1.82) is 0 Å². The van der Waals surface area contributed by atoms with E-state index >= 15 is 4.39 Å². The number of ether oxygens (including phenoxy) is 3. The van der Waals surface area contributed by atoms with Crippen LogP contribution >= 0.6 is 0 Å². The molecule has 0 unspecified atom stereocenters. The number of rotatable bonds is 12. The van der Waals surface area contributed by atoms with Gasteiger partial charge in [0.1, 0.15) is 23.6 Å². The summed E-state index contributed by atoms with van der Waals surface area (Å²) in [5.41, 5.74) is 2.74. The van der Waals surface area contributed by atoms with Crippen molar-refractivity contribution in [2.24, 2.45) is 0 Å². The van der Waals surface area contributed by atoms with Crippen LogP contribution in [0.3, 0.4) is 0 Å². The average molecular weight is 564 g/mol. The predicted octanol–water partition coefficient (Wildman–Crippen LogP) is 5.04. The van der Waals surface area contributed by atoms with E-state index < -0.39 is 11.7 Å². The molecule has 0 aliphatic heterocycles. The van der Waals surface area contributed by atoms with E-state index in [9.17, 15) is 4.79 Å². The SMILES string of the molecule is C=CC(=O)Nc1cc(Nc2nccc(-c3cc(F)c4nc(OC)n(C(C)C)c4c3)n2)c(OC)cc1OCCN(C)C. The van der Waals surface area contributed by atoms with Gasteiger partial charge in [0.05, 0.1) is 36.8 Å². The van der Waals surface area contributed by atoms with Crippen LogP contribution in [0.2, 0.25) is 0 Å². The maximum absolute atomic E-state index is 15.2. The zero-order valence-electron chi connectivity index (χ0n) is 24.0. The van der Waals surface area contributed by atoms with Crippen molar-refractivity contribution in [2.75, 3.05) is 52.1 Å². The van der Waals surface area contributed by atoms with Crippen molar-refractivity contribution in [2.45, 2.75) is 19.9 Å². The van der Waals surface area contributed by atoms with Gasteiger partial charge in [-0.2, -0.15) is 4.98 Å². The molecule has 2 aromatic heterocycles. The normalized spacial score (nSPS) is 11.1. The maximum Gasteiger partial charge on any atom is 0.297 e. The molecule has 2 heterocycles. The molecule has 0 saturated carbocycles. The Balaban J connectivity index is 1.71. The number of anilines is 3. The van der Waals surface area contributed by atoms with Crippen molar-refractivity contribution in [3.63, 3.8) is 0 Å². The zero-order chi connectivity index (χ0) is 29.7. The van der Waals surface area contributed by atoms with E-state index in [0.29, 0.717) is 58.8 Å². The minimum atomic E-state index is -0.488. The number of carbonyl (C=O) groups excluding carboxylic acids is 1. The van der Waals surface area contributed by atoms with Gasteiger partial charge < -0.3 is 29.7 Å². The van der Waals surface area contributed by atoms with Gasteiger partial charge in [0.25, 0.3) is 6.01 Å². The summed E-state index contributed by atoms with van der Waals surface area (Å²) >= 11 is 0. The average Bonchev–Trinajstić information content (AvgIpc) is 3.33. The van der Waals surface area contributed by atoms with Gasteiger partial charge in [0.2, 0.25) is 11.9 Å². The van der Waals surface area contributed by atoms with E-state index in [1.807, 2.05) is 43.5 Å². The zero-order valence-corrected chi connectivity index (χ0v) is 24.0. The Labute approximate surface area is 238 Å². The number of hydrogen-bond acceptors (Lipinski definition) is 9. The van der Waals surface area contributed by atoms with Crippen molar-refractivity contribution in [3.05, 3.63) is 55.0 Å². The Hall–Kier alpha value is -4.71. The van der Waals surface area contributed by atoms with Gasteiger partial charge in [-0.25, -0.2) is 14.4 Å². The summed E-state index contributed by atoms with van der Waals surface area (Å²) < 4.78 is 33.9. The molecular weight excluding hydrogens is 529 g/mol. The van der Waals surface area contributed by atoms with Crippen molar-refractivity contribution in [1.82, 2.24) is 24.4 Å². The molecule has 0 aliphatic carbocycles. The van der Waals surface area contributed by atoms with Gasteiger partial charge in [-0.3, -0.25) is 9.36 Å². The molecule has 0 saturated heterocycles. The first kappa shape index (κ1) is 29.3. The van der Waals surface area contributed by atoms with Gasteiger partial charge in [-0.15, -0.1) is 0 Å². The van der Waals surface area contributed by atoms with E-state index in [-0.39, 0.29) is 17.5 Å². The van der Waals surface area contributed by atoms with Gasteiger partial charge >= 0.3 is 0 Å². The van der Waals surface area contributed by atoms with Crippen LogP contribution in [0.4, 0.5) is 21.7 Å². The highest BCUT2D eigenvalue weighted by Gasteiger charge is 2.19. The lowest BCUT2D eigenvalue weighted by Crippen LogP contribution is -2.20. The number of halogens is 1. The summed E-state index contributed by atoms with van der Waals surface area (Å²) in [6.45, 7) is 8.54. The third-order valence-corrected chi connectivity index (χ3v) is 6.15. The standard InChI is InChI=1S/C29H34FN7O4/c1-8-26(38)32-22-15-21(24(39-6)16-25(22)41-12-11-36(4)5)34-28-31-10-9-20(33-28)18-13-19(30)27-23(14-18)37(17(2)3)29(35-27)40-7/h8-10,13-17H,1,11-12H2,2-7H3,(H,32,38)(H,31,33,34). The molecule has 4 aromatic rings. The highest BCUT2D eigenvalue weighted by atomic mass is 19.1. The molecule has 0 spiro atoms. The second-order valence-corrected chi connectivity index (χ2v) is 9.67. The molecule has 1 amide bonds. The summed E-state index contributed by atoms with van der Waals surface area (Å²) in [5.74, 6) is 0.221. The Morgan fingerprint density at radius 3 is 2.56 bits per heavy atom. The number of methoxy groups -OCH3 is 2. The molecule has 0 fully saturated rings. The van der Waals surface area contributed by atoms with Crippen LogP contribution in [0.5, 0.6) is 17.5 Å². The highest BCUT2D eigenvalue weighted by molar-refractivity contribution is 6.00. The van der Waals surface area contributed by atoms with Crippen molar-refractivity contribution < 1.29 is 23.4 Å². The van der Waals surface area contributed by atoms with E-state index in [4.69, 9.17) is 14.2 Å². The third kappa shape index (κ3) is 6.55. The van der Waals surface area contributed by atoms with Crippen LogP contribution in [0.15, 0.2) is 49.2 Å². The third-order valence-electron chi connectivity index (χ3n) is 6.15. The lowest BCUT2D eigenvalue weighted by atomic mass is 10.1. The fourth-order valence-corrected chi connectivity index (χ4v) is 4.19. The largest absolute Gasteiger partial charge is 0.494 e. The number of amides is 1. The van der Waals surface area contributed by atoms with Crippen molar-refractivity contribution >= 4 is 34.3 Å². The number of likely N-dealkylation sites (N-methyl/N-ethyl adjacent to an activating group) is 1. The van der Waals surface area contributed by atoms with Crippen LogP contribution in [0.25, 0.3) is 22.3 Å². The number of nitrogens with zero attached hydrogens (tertiary/aromatic N) is 5. The van der Waals surface area contributed by atoms with Crippen LogP contribution in [0, 0.1) is 5.82 Å². The lowest BCUT2D eigenvalue weighted by molar-refractivity contribution is -0.111. The lowest BCUT2D eigenvalue weighted by Gasteiger charge is -2.18. The van der Waals surface area contributed by atoms with Gasteiger partial charge in [0, 0.05) is 30.4 Å². The Bertz CT molecular complexity index is 1570. The van der Waals surface area contributed by atoms with E-state index in [1.54, 1.807) is 24.4 Å². The minimum absolute atomic E-state index is 0.00898. The number of aromatic nitrogens is 4. The van der Waals surface area contributed by atoms with Crippen LogP contribution < -0.4 is 24.8 Å². The van der Waals surface area contributed by atoms with Gasteiger partial charge in [-0.05, 0) is 58.3 Å². The summed E-state index contributed by atoms with van der Waals surface area (Å²) in [6.07, 6.45) is 2.74. The summed E-state index contributed by atoms with van der Waals surface area (Å²) in [5, 5.41) is 5.91. The molecular formula is C29H34FN7O4. The summed E-state index contributed by atoms with van der Waals surface area (Å²) in [6, 6.07) is 8.55. The molecule has 216 valence electrons. The number of nitrogens with one attached hydrogen (secondary N) is 2. The second kappa shape index (κ2) is 12.6. The maximum atomic E-state index is 15.2. The smallest absolute Gasteiger partial charge is 0.297 e. The van der Waals surface area contributed by atoms with Crippen molar-refractivity contribution in [3.8, 4) is 28.8 Å². The van der Waals surface area contributed by atoms with Crippen LogP contribution in [-0.2, 0) is 4.79 Å².